The molecule has 1 aromatic carbocycles. The molecule has 0 saturated heterocycles. The standard InChI is InChI=1S/C15H22N2O5/c1-15(2,3)22-14(21)16-10(9-18)13(20)17(4)11-7-5-6-8-12(11)19/h5-8,10,18-19H,9H2,1-4H3,(H,16,21)/t10-/m0/s1. The molecular weight excluding hydrogens is 288 g/mol. The smallest absolute Gasteiger partial charge is 0.408 e. The molecule has 0 aliphatic carbocycles. The molecule has 0 spiro atoms. The lowest BCUT2D eigenvalue weighted by Gasteiger charge is -2.25. The van der Waals surface area contributed by atoms with Crippen molar-refractivity contribution in [3.63, 3.8) is 0 Å². The van der Waals surface area contributed by atoms with Crippen molar-refractivity contribution in [2.24, 2.45) is 0 Å². The lowest BCUT2D eigenvalue weighted by Crippen LogP contribution is -2.50. The summed E-state index contributed by atoms with van der Waals surface area (Å²) in [5, 5.41) is 21.4. The Kier molecular flexibility index (Phi) is 5.76. The van der Waals surface area contributed by atoms with Crippen LogP contribution in [0, 0.1) is 0 Å². The van der Waals surface area contributed by atoms with Crippen LogP contribution in [-0.2, 0) is 9.53 Å². The third-order valence-electron chi connectivity index (χ3n) is 2.75. The number of nitrogens with one attached hydrogen (secondary N) is 1. The van der Waals surface area contributed by atoms with Crippen molar-refractivity contribution in [1.29, 1.82) is 0 Å². The number of hydrogen-bond donors (Lipinski definition) is 3. The van der Waals surface area contributed by atoms with Gasteiger partial charge >= 0.3 is 6.09 Å². The third kappa shape index (κ3) is 4.92. The maximum absolute atomic E-state index is 12.3. The minimum absolute atomic E-state index is 0.0766. The number of aliphatic hydroxyl groups excluding tert-OH is 1. The van der Waals surface area contributed by atoms with E-state index in [4.69, 9.17) is 4.74 Å². The molecule has 7 heteroatoms. The second kappa shape index (κ2) is 7.13. The number of hydrogen-bond acceptors (Lipinski definition) is 5. The number of phenolic OH excluding ortho intramolecular Hbond substituents is 1. The van der Waals surface area contributed by atoms with Crippen LogP contribution in [0.5, 0.6) is 5.75 Å². The molecule has 0 saturated carbocycles. The molecule has 7 nitrogen and oxygen atoms in total. The van der Waals surface area contributed by atoms with E-state index >= 15 is 0 Å². The van der Waals surface area contributed by atoms with Crippen molar-refractivity contribution < 1.29 is 24.5 Å². The van der Waals surface area contributed by atoms with E-state index in [9.17, 15) is 19.8 Å². The van der Waals surface area contributed by atoms with Crippen molar-refractivity contribution in [2.75, 3.05) is 18.6 Å². The monoisotopic (exact) mass is 310 g/mol. The number of benzene rings is 1. The van der Waals surface area contributed by atoms with Crippen LogP contribution in [0.2, 0.25) is 0 Å². The number of carbonyl (C=O) groups excluding carboxylic acids is 2. The fourth-order valence-corrected chi connectivity index (χ4v) is 1.74. The predicted molar refractivity (Wildman–Crippen MR) is 81.8 cm³/mol. The lowest BCUT2D eigenvalue weighted by atomic mass is 10.2. The highest BCUT2D eigenvalue weighted by atomic mass is 16.6. The Balaban J connectivity index is 2.80. The Bertz CT molecular complexity index is 539. The van der Waals surface area contributed by atoms with Crippen LogP contribution in [0.15, 0.2) is 24.3 Å². The zero-order valence-corrected chi connectivity index (χ0v) is 13.2. The molecule has 0 heterocycles. The number of aromatic hydroxyl groups is 1. The normalized spacial score (nSPS) is 12.4. The van der Waals surface area contributed by atoms with Gasteiger partial charge in [0.1, 0.15) is 17.4 Å². The fraction of sp³-hybridized carbons (Fsp3) is 0.467. The Morgan fingerprint density at radius 2 is 1.91 bits per heavy atom. The van der Waals surface area contributed by atoms with Gasteiger partial charge in [-0.05, 0) is 32.9 Å². The molecule has 1 rings (SSSR count). The Labute approximate surface area is 129 Å². The number of alkyl carbamates (subject to hydrolysis) is 1. The topological polar surface area (TPSA) is 99.1 Å². The van der Waals surface area contributed by atoms with E-state index in [1.165, 1.54) is 13.1 Å². The summed E-state index contributed by atoms with van der Waals surface area (Å²) < 4.78 is 5.05. The molecule has 0 bridgehead atoms. The van der Waals surface area contributed by atoms with Gasteiger partial charge in [0.05, 0.1) is 12.3 Å². The fourth-order valence-electron chi connectivity index (χ4n) is 1.74. The number of phenols is 1. The van der Waals surface area contributed by atoms with Crippen LogP contribution in [0.25, 0.3) is 0 Å². The summed E-state index contributed by atoms with van der Waals surface area (Å²) in [5.41, 5.74) is -0.437. The van der Waals surface area contributed by atoms with Gasteiger partial charge in [0, 0.05) is 7.05 Å². The van der Waals surface area contributed by atoms with Gasteiger partial charge in [-0.15, -0.1) is 0 Å². The average molecular weight is 310 g/mol. The summed E-state index contributed by atoms with van der Waals surface area (Å²) in [6, 6.07) is 5.11. The van der Waals surface area contributed by atoms with Crippen molar-refractivity contribution in [3.8, 4) is 5.75 Å². The quantitative estimate of drug-likeness (QED) is 0.777. The molecule has 0 radical (unpaired) electrons. The van der Waals surface area contributed by atoms with E-state index in [-0.39, 0.29) is 11.4 Å². The molecule has 22 heavy (non-hydrogen) atoms. The van der Waals surface area contributed by atoms with Crippen molar-refractivity contribution in [1.82, 2.24) is 5.32 Å². The maximum Gasteiger partial charge on any atom is 0.408 e. The van der Waals surface area contributed by atoms with Crippen LogP contribution in [0.3, 0.4) is 0 Å². The molecular formula is C15H22N2O5. The van der Waals surface area contributed by atoms with Gasteiger partial charge in [0.2, 0.25) is 0 Å². The van der Waals surface area contributed by atoms with Gasteiger partial charge in [0.25, 0.3) is 5.91 Å². The van der Waals surface area contributed by atoms with Gasteiger partial charge in [-0.1, -0.05) is 12.1 Å². The van der Waals surface area contributed by atoms with E-state index in [1.54, 1.807) is 39.0 Å². The van der Waals surface area contributed by atoms with Gasteiger partial charge in [-0.3, -0.25) is 4.79 Å². The second-order valence-corrected chi connectivity index (χ2v) is 5.77. The largest absolute Gasteiger partial charge is 0.506 e. The van der Waals surface area contributed by atoms with E-state index in [0.717, 1.165) is 4.90 Å². The van der Waals surface area contributed by atoms with Gasteiger partial charge < -0.3 is 25.2 Å². The van der Waals surface area contributed by atoms with E-state index in [2.05, 4.69) is 5.32 Å². The molecule has 3 N–H and O–H groups in total. The van der Waals surface area contributed by atoms with Crippen molar-refractivity contribution >= 4 is 17.7 Å². The number of aliphatic hydroxyl groups is 1. The van der Waals surface area contributed by atoms with Gasteiger partial charge in [0.15, 0.2) is 0 Å². The number of anilines is 1. The summed E-state index contributed by atoms with van der Waals surface area (Å²) >= 11 is 0. The first-order valence-corrected chi connectivity index (χ1v) is 6.81. The number of amides is 2. The zero-order chi connectivity index (χ0) is 16.9. The summed E-state index contributed by atoms with van der Waals surface area (Å²) in [5.74, 6) is -0.651. The van der Waals surface area contributed by atoms with Crippen LogP contribution >= 0.6 is 0 Å². The maximum atomic E-state index is 12.3. The van der Waals surface area contributed by atoms with E-state index < -0.39 is 30.3 Å². The zero-order valence-electron chi connectivity index (χ0n) is 13.2. The minimum atomic E-state index is -1.17. The number of nitrogens with zero attached hydrogens (tertiary/aromatic N) is 1. The Morgan fingerprint density at radius 1 is 1.32 bits per heavy atom. The van der Waals surface area contributed by atoms with Crippen LogP contribution in [0.1, 0.15) is 20.8 Å². The molecule has 0 aromatic heterocycles. The molecule has 1 atom stereocenters. The highest BCUT2D eigenvalue weighted by Gasteiger charge is 2.27. The highest BCUT2D eigenvalue weighted by molar-refractivity contribution is 5.99. The molecule has 0 fully saturated rings. The van der Waals surface area contributed by atoms with Crippen molar-refractivity contribution in [3.05, 3.63) is 24.3 Å². The summed E-state index contributed by atoms with van der Waals surface area (Å²) in [4.78, 5) is 25.2. The average Bonchev–Trinajstić information content (AvgIpc) is 2.42. The first-order valence-electron chi connectivity index (χ1n) is 6.81. The van der Waals surface area contributed by atoms with Gasteiger partial charge in [-0.2, -0.15) is 0 Å². The minimum Gasteiger partial charge on any atom is -0.506 e. The van der Waals surface area contributed by atoms with Gasteiger partial charge in [-0.25, -0.2) is 4.79 Å². The highest BCUT2D eigenvalue weighted by Crippen LogP contribution is 2.25. The summed E-state index contributed by atoms with van der Waals surface area (Å²) in [6.07, 6.45) is -0.800. The SMILES string of the molecule is CN(C(=O)[C@H](CO)NC(=O)OC(C)(C)C)c1ccccc1O. The number of carbonyl (C=O) groups is 2. The molecule has 2 amide bonds. The third-order valence-corrected chi connectivity index (χ3v) is 2.75. The second-order valence-electron chi connectivity index (χ2n) is 5.77. The summed E-state index contributed by atoms with van der Waals surface area (Å²) in [7, 11) is 1.44. The Hall–Kier alpha value is -2.28. The number of rotatable bonds is 4. The van der Waals surface area contributed by atoms with Crippen molar-refractivity contribution in [2.45, 2.75) is 32.4 Å². The van der Waals surface area contributed by atoms with E-state index in [0.29, 0.717) is 0 Å². The molecule has 0 aliphatic rings. The predicted octanol–water partition coefficient (Wildman–Crippen LogP) is 1.24. The first-order chi connectivity index (χ1) is 10.2. The molecule has 0 aliphatic heterocycles. The summed E-state index contributed by atoms with van der Waals surface area (Å²) in [6.45, 7) is 4.49. The van der Waals surface area contributed by atoms with Crippen LogP contribution in [-0.4, -0.2) is 47.5 Å². The lowest BCUT2D eigenvalue weighted by molar-refractivity contribution is -0.121. The van der Waals surface area contributed by atoms with E-state index in [1.807, 2.05) is 0 Å². The Morgan fingerprint density at radius 3 is 2.41 bits per heavy atom. The first kappa shape index (κ1) is 17.8. The molecule has 1 aromatic rings. The van der Waals surface area contributed by atoms with Crippen LogP contribution in [0.4, 0.5) is 10.5 Å². The van der Waals surface area contributed by atoms with Crippen LogP contribution < -0.4 is 10.2 Å². The molecule has 0 unspecified atom stereocenters. The number of ether oxygens (including phenoxy) is 1. The molecule has 122 valence electrons. The number of likely N-dealkylation sites (N-methyl/N-ethyl adjacent to an activating group) is 1. The number of para-hydroxylation sites is 2.